The number of likely N-dealkylation sites (tertiary alicyclic amines) is 1. The van der Waals surface area contributed by atoms with E-state index in [-0.39, 0.29) is 22.9 Å². The summed E-state index contributed by atoms with van der Waals surface area (Å²) < 4.78 is 67.5. The summed E-state index contributed by atoms with van der Waals surface area (Å²) in [6.07, 6.45) is -4.22. The molecule has 0 aliphatic carbocycles. The third-order valence-electron chi connectivity index (χ3n) is 5.80. The Morgan fingerprint density at radius 1 is 1.20 bits per heavy atom. The van der Waals surface area contributed by atoms with Crippen molar-refractivity contribution in [1.29, 1.82) is 0 Å². The number of alkyl halides is 5. The summed E-state index contributed by atoms with van der Waals surface area (Å²) in [7, 11) is 1.87. The maximum atomic E-state index is 14.5. The first-order chi connectivity index (χ1) is 14.0. The zero-order valence-electron chi connectivity index (χ0n) is 16.3. The molecule has 2 aromatic rings. The first kappa shape index (κ1) is 20.7. The van der Waals surface area contributed by atoms with E-state index in [2.05, 4.69) is 15.2 Å². The highest BCUT2D eigenvalue weighted by Gasteiger charge is 2.56. The van der Waals surface area contributed by atoms with Crippen LogP contribution in [0.4, 0.5) is 27.9 Å². The van der Waals surface area contributed by atoms with Crippen molar-refractivity contribution < 1.29 is 27.1 Å². The number of rotatable bonds is 2. The lowest BCUT2D eigenvalue weighted by molar-refractivity contribution is -0.137. The fourth-order valence-electron chi connectivity index (χ4n) is 4.25. The molecule has 4 rings (SSSR count). The van der Waals surface area contributed by atoms with Gasteiger partial charge in [0.15, 0.2) is 0 Å². The molecule has 6 nitrogen and oxygen atoms in total. The summed E-state index contributed by atoms with van der Waals surface area (Å²) in [5.41, 5.74) is -0.598. The van der Waals surface area contributed by atoms with Crippen LogP contribution in [0, 0.1) is 12.8 Å². The average molecular weight is 429 g/mol. The number of phenols is 1. The van der Waals surface area contributed by atoms with E-state index < -0.39 is 41.9 Å². The van der Waals surface area contributed by atoms with Gasteiger partial charge < -0.3 is 14.9 Å². The molecule has 0 amide bonds. The number of piperidine rings is 1. The lowest BCUT2D eigenvalue weighted by Crippen LogP contribution is -2.48. The van der Waals surface area contributed by atoms with Gasteiger partial charge in [-0.3, -0.25) is 0 Å². The van der Waals surface area contributed by atoms with Crippen LogP contribution in [0.3, 0.4) is 0 Å². The average Bonchev–Trinajstić information content (AvgIpc) is 2.91. The van der Waals surface area contributed by atoms with Gasteiger partial charge in [-0.05, 0) is 45.1 Å². The van der Waals surface area contributed by atoms with Crippen molar-refractivity contribution >= 4 is 5.95 Å². The number of halogens is 5. The Balaban J connectivity index is 1.66. The SMILES string of the molecule is Cc1nc(N2CC(F)(F)[C@H]3CCN(C)C[C@H]32)nnc1-c1ccc(C(F)(F)F)cc1O. The van der Waals surface area contributed by atoms with Gasteiger partial charge in [-0.15, -0.1) is 10.2 Å². The monoisotopic (exact) mass is 429 g/mol. The van der Waals surface area contributed by atoms with Gasteiger partial charge in [0.2, 0.25) is 5.95 Å². The third-order valence-corrected chi connectivity index (χ3v) is 5.80. The highest BCUT2D eigenvalue weighted by Crippen LogP contribution is 2.43. The summed E-state index contributed by atoms with van der Waals surface area (Å²) in [5, 5.41) is 18.0. The fraction of sp³-hybridized carbons (Fsp3) is 0.526. The van der Waals surface area contributed by atoms with Crippen LogP contribution in [0.1, 0.15) is 17.7 Å². The van der Waals surface area contributed by atoms with Crippen molar-refractivity contribution in [2.45, 2.75) is 31.5 Å². The summed E-state index contributed by atoms with van der Waals surface area (Å²) >= 11 is 0. The molecular weight excluding hydrogens is 409 g/mol. The van der Waals surface area contributed by atoms with Gasteiger partial charge >= 0.3 is 6.18 Å². The molecule has 162 valence electrons. The largest absolute Gasteiger partial charge is 0.507 e. The van der Waals surface area contributed by atoms with Crippen LogP contribution in [0.15, 0.2) is 18.2 Å². The summed E-state index contributed by atoms with van der Waals surface area (Å²) in [4.78, 5) is 7.72. The molecule has 30 heavy (non-hydrogen) atoms. The summed E-state index contributed by atoms with van der Waals surface area (Å²) in [6, 6.07) is 2.07. The van der Waals surface area contributed by atoms with Gasteiger partial charge in [-0.1, -0.05) is 0 Å². The molecule has 0 unspecified atom stereocenters. The van der Waals surface area contributed by atoms with Gasteiger partial charge in [0.25, 0.3) is 5.92 Å². The molecule has 2 saturated heterocycles. The van der Waals surface area contributed by atoms with E-state index >= 15 is 0 Å². The number of anilines is 1. The quantitative estimate of drug-likeness (QED) is 0.739. The predicted molar refractivity (Wildman–Crippen MR) is 98.4 cm³/mol. The Hall–Kier alpha value is -2.56. The molecular formula is C19H20F5N5O. The van der Waals surface area contributed by atoms with Gasteiger partial charge in [0.05, 0.1) is 23.8 Å². The predicted octanol–water partition coefficient (Wildman–Crippen LogP) is 3.35. The lowest BCUT2D eigenvalue weighted by Gasteiger charge is -2.36. The molecule has 1 aromatic carbocycles. The van der Waals surface area contributed by atoms with E-state index in [0.29, 0.717) is 25.6 Å². The molecule has 0 bridgehead atoms. The minimum absolute atomic E-state index is 0.0362. The number of fused-ring (bicyclic) bond motifs is 1. The lowest BCUT2D eigenvalue weighted by atomic mass is 9.90. The van der Waals surface area contributed by atoms with E-state index in [9.17, 15) is 27.1 Å². The second kappa shape index (κ2) is 7.00. The van der Waals surface area contributed by atoms with E-state index in [1.165, 1.54) is 4.90 Å². The topological polar surface area (TPSA) is 65.4 Å². The molecule has 2 atom stereocenters. The summed E-state index contributed by atoms with van der Waals surface area (Å²) in [6.45, 7) is 2.07. The van der Waals surface area contributed by atoms with Gasteiger partial charge in [0.1, 0.15) is 11.4 Å². The summed E-state index contributed by atoms with van der Waals surface area (Å²) in [5.74, 6) is -4.23. The first-order valence-electron chi connectivity index (χ1n) is 9.42. The number of aromatic nitrogens is 3. The van der Waals surface area contributed by atoms with Crippen molar-refractivity contribution in [2.24, 2.45) is 5.92 Å². The third kappa shape index (κ3) is 3.55. The Bertz CT molecular complexity index is 967. The molecule has 2 aliphatic heterocycles. The Morgan fingerprint density at radius 3 is 2.57 bits per heavy atom. The van der Waals surface area contributed by atoms with E-state index in [4.69, 9.17) is 0 Å². The number of benzene rings is 1. The number of likely N-dealkylation sites (N-methyl/N-ethyl adjacent to an activating group) is 1. The number of nitrogens with zero attached hydrogens (tertiary/aromatic N) is 5. The molecule has 0 saturated carbocycles. The Labute approximate surface area is 169 Å². The van der Waals surface area contributed by atoms with Crippen molar-refractivity contribution in [3.63, 3.8) is 0 Å². The smallest absolute Gasteiger partial charge is 0.416 e. The number of phenolic OH excluding ortho intramolecular Hbond substituents is 1. The molecule has 1 N–H and O–H groups in total. The van der Waals surface area contributed by atoms with Crippen LogP contribution in [-0.2, 0) is 6.18 Å². The zero-order chi connectivity index (χ0) is 21.8. The molecule has 0 radical (unpaired) electrons. The van der Waals surface area contributed by atoms with Gasteiger partial charge in [-0.2, -0.15) is 13.2 Å². The van der Waals surface area contributed by atoms with Crippen molar-refractivity contribution in [3.05, 3.63) is 29.5 Å². The van der Waals surface area contributed by atoms with E-state index in [1.54, 1.807) is 6.92 Å². The number of hydrogen-bond acceptors (Lipinski definition) is 6. The number of aromatic hydroxyl groups is 1. The minimum atomic E-state index is -4.59. The fourth-order valence-corrected chi connectivity index (χ4v) is 4.25. The van der Waals surface area contributed by atoms with Crippen LogP contribution < -0.4 is 4.90 Å². The van der Waals surface area contributed by atoms with E-state index in [0.717, 1.165) is 12.1 Å². The van der Waals surface area contributed by atoms with Gasteiger partial charge in [-0.25, -0.2) is 13.8 Å². The Kier molecular flexibility index (Phi) is 4.83. The molecule has 1 aromatic heterocycles. The standard InChI is InChI=1S/C19H20F5N5O/c1-10-16(12-4-3-11(7-15(12)30)19(22,23)24)26-27-17(25-10)29-9-18(20,21)13-5-6-28(2)8-14(13)29/h3-4,7,13-14,30H,5-6,8-9H2,1-2H3/t13-,14+/m0/s1. The van der Waals surface area contributed by atoms with Crippen LogP contribution >= 0.6 is 0 Å². The van der Waals surface area contributed by atoms with Crippen LogP contribution in [-0.4, -0.2) is 63.8 Å². The van der Waals surface area contributed by atoms with Crippen molar-refractivity contribution in [1.82, 2.24) is 20.1 Å². The second-order valence-electron chi connectivity index (χ2n) is 7.89. The number of aryl methyl sites for hydroxylation is 1. The first-order valence-corrected chi connectivity index (χ1v) is 9.42. The minimum Gasteiger partial charge on any atom is -0.507 e. The molecule has 2 aliphatic rings. The second-order valence-corrected chi connectivity index (χ2v) is 7.89. The van der Waals surface area contributed by atoms with Gasteiger partial charge in [0, 0.05) is 18.0 Å². The van der Waals surface area contributed by atoms with Crippen molar-refractivity contribution in [2.75, 3.05) is 31.6 Å². The van der Waals surface area contributed by atoms with Crippen molar-refractivity contribution in [3.8, 4) is 17.0 Å². The highest BCUT2D eigenvalue weighted by molar-refractivity contribution is 5.69. The molecule has 11 heteroatoms. The van der Waals surface area contributed by atoms with Crippen LogP contribution in [0.25, 0.3) is 11.3 Å². The zero-order valence-corrected chi connectivity index (χ0v) is 16.3. The van der Waals surface area contributed by atoms with Crippen LogP contribution in [0.5, 0.6) is 5.75 Å². The maximum absolute atomic E-state index is 14.5. The molecule has 3 heterocycles. The Morgan fingerprint density at radius 2 is 1.93 bits per heavy atom. The number of hydrogen-bond donors (Lipinski definition) is 1. The normalized spacial score (nSPS) is 24.2. The molecule has 0 spiro atoms. The highest BCUT2D eigenvalue weighted by atomic mass is 19.4. The molecule has 2 fully saturated rings. The van der Waals surface area contributed by atoms with E-state index in [1.807, 2.05) is 11.9 Å². The maximum Gasteiger partial charge on any atom is 0.416 e. The van der Waals surface area contributed by atoms with Crippen LogP contribution in [0.2, 0.25) is 0 Å².